The van der Waals surface area contributed by atoms with Gasteiger partial charge < -0.3 is 15.2 Å². The van der Waals surface area contributed by atoms with Crippen molar-refractivity contribution >= 4 is 23.8 Å². The van der Waals surface area contributed by atoms with Gasteiger partial charge >= 0.3 is 12.1 Å². The van der Waals surface area contributed by atoms with E-state index in [1.807, 2.05) is 0 Å². The molecule has 130 valence electrons. The Hall–Kier alpha value is -2.90. The van der Waals surface area contributed by atoms with Crippen LogP contribution >= 0.6 is 0 Å². The van der Waals surface area contributed by atoms with Crippen molar-refractivity contribution in [2.75, 3.05) is 0 Å². The number of amides is 1. The number of nitrogens with zero attached hydrogens (tertiary/aromatic N) is 1. The van der Waals surface area contributed by atoms with Crippen molar-refractivity contribution in [3.63, 3.8) is 0 Å². The van der Waals surface area contributed by atoms with Gasteiger partial charge in [0.2, 0.25) is 0 Å². The number of ether oxygens (including phenoxy) is 1. The van der Waals surface area contributed by atoms with Crippen molar-refractivity contribution in [1.29, 1.82) is 0 Å². The highest BCUT2D eigenvalue weighted by Gasteiger charge is 2.22. The van der Waals surface area contributed by atoms with Gasteiger partial charge in [0.1, 0.15) is 11.6 Å². The van der Waals surface area contributed by atoms with Gasteiger partial charge in [-0.1, -0.05) is 12.2 Å². The second-order valence-electron chi connectivity index (χ2n) is 6.02. The summed E-state index contributed by atoms with van der Waals surface area (Å²) < 4.78 is 5.02. The quantitative estimate of drug-likeness (QED) is 0.609. The number of non-ortho nitro benzene ring substituents is 1. The third-order valence-corrected chi connectivity index (χ3v) is 2.78. The Kier molecular flexibility index (Phi) is 6.46. The third kappa shape index (κ3) is 6.91. The van der Waals surface area contributed by atoms with Crippen LogP contribution in [0.25, 0.3) is 6.08 Å². The van der Waals surface area contributed by atoms with Crippen LogP contribution in [-0.4, -0.2) is 33.7 Å². The molecule has 8 heteroatoms. The number of nitro groups is 1. The maximum atomic E-state index is 11.6. The summed E-state index contributed by atoms with van der Waals surface area (Å²) in [5.74, 6) is -1.19. The first-order chi connectivity index (χ1) is 11.1. The maximum absolute atomic E-state index is 11.6. The Morgan fingerprint density at radius 2 is 1.92 bits per heavy atom. The van der Waals surface area contributed by atoms with E-state index in [-0.39, 0.29) is 12.1 Å². The van der Waals surface area contributed by atoms with Crippen LogP contribution in [0.5, 0.6) is 0 Å². The van der Waals surface area contributed by atoms with Crippen molar-refractivity contribution in [1.82, 2.24) is 5.32 Å². The molecule has 0 radical (unpaired) electrons. The van der Waals surface area contributed by atoms with Crippen molar-refractivity contribution in [2.24, 2.45) is 0 Å². The summed E-state index contributed by atoms with van der Waals surface area (Å²) >= 11 is 0. The fraction of sp³-hybridized carbons (Fsp3) is 0.375. The molecular weight excluding hydrogens is 316 g/mol. The normalized spacial score (nSPS) is 12.6. The van der Waals surface area contributed by atoms with Gasteiger partial charge in [-0.3, -0.25) is 10.1 Å². The van der Waals surface area contributed by atoms with Gasteiger partial charge in [0.05, 0.1) is 4.92 Å². The predicted molar refractivity (Wildman–Crippen MR) is 87.5 cm³/mol. The van der Waals surface area contributed by atoms with E-state index in [2.05, 4.69) is 5.32 Å². The Balaban J connectivity index is 2.64. The number of aliphatic carboxylic acids is 1. The first-order valence-electron chi connectivity index (χ1n) is 7.22. The third-order valence-electron chi connectivity index (χ3n) is 2.78. The maximum Gasteiger partial charge on any atom is 0.408 e. The number of carbonyl (C=O) groups excluding carboxylic acids is 1. The number of carbonyl (C=O) groups is 2. The molecule has 1 aromatic carbocycles. The summed E-state index contributed by atoms with van der Waals surface area (Å²) in [5.41, 5.74) is -0.0639. The second kappa shape index (κ2) is 8.09. The lowest BCUT2D eigenvalue weighted by Crippen LogP contribution is -2.43. The highest BCUT2D eigenvalue weighted by molar-refractivity contribution is 5.80. The number of hydrogen-bond donors (Lipinski definition) is 2. The smallest absolute Gasteiger partial charge is 0.408 e. The minimum Gasteiger partial charge on any atom is -0.480 e. The van der Waals surface area contributed by atoms with E-state index < -0.39 is 28.6 Å². The van der Waals surface area contributed by atoms with Gasteiger partial charge in [-0.15, -0.1) is 0 Å². The van der Waals surface area contributed by atoms with Gasteiger partial charge in [0, 0.05) is 12.1 Å². The SMILES string of the molecule is CC(C)(C)OC(=O)N[C@@H](C/C=C/c1ccc([N+](=O)[O-])cc1)C(=O)O. The number of rotatable bonds is 6. The van der Waals surface area contributed by atoms with Gasteiger partial charge in [0.15, 0.2) is 0 Å². The molecule has 0 aliphatic rings. The molecule has 1 rings (SSSR count). The number of nitro benzene ring substituents is 1. The lowest BCUT2D eigenvalue weighted by molar-refractivity contribution is -0.384. The lowest BCUT2D eigenvalue weighted by atomic mass is 10.1. The summed E-state index contributed by atoms with van der Waals surface area (Å²) in [6.45, 7) is 5.03. The minimum absolute atomic E-state index is 0.0258. The Morgan fingerprint density at radius 1 is 1.33 bits per heavy atom. The summed E-state index contributed by atoms with van der Waals surface area (Å²) in [7, 11) is 0. The predicted octanol–water partition coefficient (Wildman–Crippen LogP) is 2.98. The summed E-state index contributed by atoms with van der Waals surface area (Å²) in [5, 5.41) is 22.0. The van der Waals surface area contributed by atoms with Gasteiger partial charge in [0.25, 0.3) is 5.69 Å². The molecule has 1 atom stereocenters. The van der Waals surface area contributed by atoms with Crippen LogP contribution in [0.3, 0.4) is 0 Å². The van der Waals surface area contributed by atoms with E-state index in [9.17, 15) is 19.7 Å². The molecule has 0 aliphatic heterocycles. The van der Waals surface area contributed by atoms with Crippen LogP contribution in [0.1, 0.15) is 32.8 Å². The molecule has 0 saturated carbocycles. The van der Waals surface area contributed by atoms with E-state index in [1.54, 1.807) is 45.1 Å². The zero-order chi connectivity index (χ0) is 18.3. The fourth-order valence-corrected chi connectivity index (χ4v) is 1.72. The van der Waals surface area contributed by atoms with Crippen molar-refractivity contribution in [3.8, 4) is 0 Å². The van der Waals surface area contributed by atoms with Crippen molar-refractivity contribution < 1.29 is 24.4 Å². The number of alkyl carbamates (subject to hydrolysis) is 1. The standard InChI is InChI=1S/C16H20N2O6/c1-16(2,3)24-15(21)17-13(14(19)20)6-4-5-11-7-9-12(10-8-11)18(22)23/h4-5,7-10,13H,6H2,1-3H3,(H,17,21)(H,19,20)/b5-4+/t13-/m0/s1. The van der Waals surface area contributed by atoms with Crippen LogP contribution < -0.4 is 5.32 Å². The van der Waals surface area contributed by atoms with Gasteiger partial charge in [-0.25, -0.2) is 9.59 Å². The summed E-state index contributed by atoms with van der Waals surface area (Å²) in [6, 6.07) is 4.67. The van der Waals surface area contributed by atoms with Gasteiger partial charge in [-0.2, -0.15) is 0 Å². The molecule has 1 amide bonds. The number of nitrogens with one attached hydrogen (secondary N) is 1. The zero-order valence-corrected chi connectivity index (χ0v) is 13.7. The first kappa shape index (κ1) is 19.1. The van der Waals surface area contributed by atoms with Crippen LogP contribution in [0.15, 0.2) is 30.3 Å². The van der Waals surface area contributed by atoms with Gasteiger partial charge in [-0.05, 0) is 44.9 Å². The largest absolute Gasteiger partial charge is 0.480 e. The van der Waals surface area contributed by atoms with E-state index in [4.69, 9.17) is 9.84 Å². The van der Waals surface area contributed by atoms with Crippen LogP contribution in [0.2, 0.25) is 0 Å². The highest BCUT2D eigenvalue weighted by Crippen LogP contribution is 2.13. The Labute approximate surface area is 139 Å². The van der Waals surface area contributed by atoms with Crippen molar-refractivity contribution in [3.05, 3.63) is 46.0 Å². The molecule has 0 aromatic heterocycles. The molecule has 0 saturated heterocycles. The number of carboxylic acid groups (broad SMARTS) is 1. The molecule has 1 aromatic rings. The molecule has 0 spiro atoms. The molecular formula is C16H20N2O6. The molecule has 0 unspecified atom stereocenters. The van der Waals surface area contributed by atoms with Crippen LogP contribution in [0.4, 0.5) is 10.5 Å². The molecule has 0 fully saturated rings. The topological polar surface area (TPSA) is 119 Å². The summed E-state index contributed by atoms with van der Waals surface area (Å²) in [6.07, 6.45) is 2.43. The summed E-state index contributed by atoms with van der Waals surface area (Å²) in [4.78, 5) is 32.9. The highest BCUT2D eigenvalue weighted by atomic mass is 16.6. The fourth-order valence-electron chi connectivity index (χ4n) is 1.72. The lowest BCUT2D eigenvalue weighted by Gasteiger charge is -2.21. The number of hydrogen-bond acceptors (Lipinski definition) is 5. The second-order valence-corrected chi connectivity index (χ2v) is 6.02. The molecule has 0 aliphatic carbocycles. The molecule has 0 bridgehead atoms. The molecule has 8 nitrogen and oxygen atoms in total. The monoisotopic (exact) mass is 336 g/mol. The van der Waals surface area contributed by atoms with Crippen molar-refractivity contribution in [2.45, 2.75) is 38.8 Å². The van der Waals surface area contributed by atoms with Crippen LogP contribution in [-0.2, 0) is 9.53 Å². The number of carboxylic acids is 1. The first-order valence-corrected chi connectivity index (χ1v) is 7.22. The minimum atomic E-state index is -1.19. The zero-order valence-electron chi connectivity index (χ0n) is 13.7. The van der Waals surface area contributed by atoms with Crippen LogP contribution in [0, 0.1) is 10.1 Å². The molecule has 2 N–H and O–H groups in total. The van der Waals surface area contributed by atoms with E-state index in [1.165, 1.54) is 12.1 Å². The van der Waals surface area contributed by atoms with E-state index >= 15 is 0 Å². The average molecular weight is 336 g/mol. The Bertz CT molecular complexity index is 631. The average Bonchev–Trinajstić information content (AvgIpc) is 2.44. The molecule has 0 heterocycles. The molecule has 24 heavy (non-hydrogen) atoms. The van der Waals surface area contributed by atoms with E-state index in [0.29, 0.717) is 5.56 Å². The van der Waals surface area contributed by atoms with E-state index in [0.717, 1.165) is 0 Å². The number of benzene rings is 1. The Morgan fingerprint density at radius 3 is 2.38 bits per heavy atom.